The Balaban J connectivity index is 1.85. The Labute approximate surface area is 173 Å². The number of carbonyl (C=O) groups excluding carboxylic acids is 1. The van der Waals surface area contributed by atoms with Crippen LogP contribution in [0.4, 0.5) is 4.39 Å². The van der Waals surface area contributed by atoms with Crippen molar-refractivity contribution in [3.63, 3.8) is 0 Å². The minimum absolute atomic E-state index is 0.0517. The minimum atomic E-state index is -0.507. The first-order valence-corrected chi connectivity index (χ1v) is 9.26. The third-order valence-electron chi connectivity index (χ3n) is 4.62. The van der Waals surface area contributed by atoms with Crippen molar-refractivity contribution < 1.29 is 23.4 Å². The number of esters is 1. The average molecular weight is 418 g/mol. The number of carbonyl (C=O) groups is 1. The van der Waals surface area contributed by atoms with Crippen LogP contribution in [0.25, 0.3) is 5.69 Å². The van der Waals surface area contributed by atoms with E-state index in [0.717, 1.165) is 11.4 Å². The standard InChI is InChI=1S/C22H21ClFNO4/c1-13-9-17(14(2)25(13)19-11-16(23)6-8-21(19)28-4)22(26)29-12-15-5-7-20(27-3)18(24)10-15/h5-11H,12H2,1-4H3. The zero-order valence-electron chi connectivity index (χ0n) is 16.6. The van der Waals surface area contributed by atoms with Gasteiger partial charge in [0.15, 0.2) is 11.6 Å². The van der Waals surface area contributed by atoms with E-state index in [1.165, 1.54) is 19.2 Å². The Kier molecular flexibility index (Phi) is 6.13. The first-order valence-electron chi connectivity index (χ1n) is 8.88. The number of halogens is 2. The second-order valence-corrected chi connectivity index (χ2v) is 6.92. The molecule has 5 nitrogen and oxygen atoms in total. The summed E-state index contributed by atoms with van der Waals surface area (Å²) in [6, 6.07) is 11.5. The van der Waals surface area contributed by atoms with Crippen molar-refractivity contribution in [2.75, 3.05) is 14.2 Å². The first-order chi connectivity index (χ1) is 13.8. The summed E-state index contributed by atoms with van der Waals surface area (Å²) in [5, 5.41) is 0.555. The van der Waals surface area contributed by atoms with Gasteiger partial charge in [0.25, 0.3) is 0 Å². The molecular weight excluding hydrogens is 397 g/mol. The van der Waals surface area contributed by atoms with Gasteiger partial charge in [-0.05, 0) is 55.8 Å². The van der Waals surface area contributed by atoms with Gasteiger partial charge >= 0.3 is 5.97 Å². The molecule has 1 heterocycles. The van der Waals surface area contributed by atoms with Crippen LogP contribution >= 0.6 is 11.6 Å². The molecule has 3 rings (SSSR count). The van der Waals surface area contributed by atoms with E-state index in [2.05, 4.69) is 0 Å². The summed E-state index contributed by atoms with van der Waals surface area (Å²) >= 11 is 6.15. The number of rotatable bonds is 6. The van der Waals surface area contributed by atoms with E-state index in [1.807, 2.05) is 18.4 Å². The lowest BCUT2D eigenvalue weighted by molar-refractivity contribution is 0.0471. The zero-order valence-corrected chi connectivity index (χ0v) is 17.3. The van der Waals surface area contributed by atoms with Gasteiger partial charge in [0.2, 0.25) is 0 Å². The molecule has 0 N–H and O–H groups in total. The summed E-state index contributed by atoms with van der Waals surface area (Å²) in [6.45, 7) is 3.64. The summed E-state index contributed by atoms with van der Waals surface area (Å²) in [6.07, 6.45) is 0. The fourth-order valence-corrected chi connectivity index (χ4v) is 3.37. The molecule has 0 saturated carbocycles. The predicted molar refractivity (Wildman–Crippen MR) is 109 cm³/mol. The van der Waals surface area contributed by atoms with E-state index >= 15 is 0 Å². The van der Waals surface area contributed by atoms with E-state index in [1.54, 1.807) is 37.4 Å². The van der Waals surface area contributed by atoms with Gasteiger partial charge in [0.05, 0.1) is 25.5 Å². The van der Waals surface area contributed by atoms with E-state index in [0.29, 0.717) is 27.6 Å². The molecule has 0 bridgehead atoms. The summed E-state index contributed by atoms with van der Waals surface area (Å²) in [4.78, 5) is 12.7. The Bertz CT molecular complexity index is 1060. The molecule has 0 radical (unpaired) electrons. The molecule has 0 amide bonds. The highest BCUT2D eigenvalue weighted by molar-refractivity contribution is 6.30. The SMILES string of the molecule is COc1ccc(COC(=O)c2cc(C)n(-c3cc(Cl)ccc3OC)c2C)cc1F. The zero-order chi connectivity index (χ0) is 21.1. The van der Waals surface area contributed by atoms with Crippen LogP contribution in [0.1, 0.15) is 27.3 Å². The Morgan fingerprint density at radius 1 is 1.03 bits per heavy atom. The Morgan fingerprint density at radius 3 is 2.38 bits per heavy atom. The molecule has 29 heavy (non-hydrogen) atoms. The minimum Gasteiger partial charge on any atom is -0.495 e. The molecule has 0 spiro atoms. The van der Waals surface area contributed by atoms with Gasteiger partial charge in [-0.1, -0.05) is 17.7 Å². The average Bonchev–Trinajstić information content (AvgIpc) is 3.00. The smallest absolute Gasteiger partial charge is 0.340 e. The van der Waals surface area contributed by atoms with Gasteiger partial charge in [-0.25, -0.2) is 9.18 Å². The van der Waals surface area contributed by atoms with Crippen molar-refractivity contribution in [2.24, 2.45) is 0 Å². The van der Waals surface area contributed by atoms with Crippen LogP contribution in [-0.4, -0.2) is 24.8 Å². The van der Waals surface area contributed by atoms with Gasteiger partial charge in [-0.2, -0.15) is 0 Å². The number of nitrogens with zero attached hydrogens (tertiary/aromatic N) is 1. The van der Waals surface area contributed by atoms with Crippen molar-refractivity contribution in [3.8, 4) is 17.2 Å². The lowest BCUT2D eigenvalue weighted by Crippen LogP contribution is -2.08. The number of hydrogen-bond donors (Lipinski definition) is 0. The molecule has 0 saturated heterocycles. The van der Waals surface area contributed by atoms with Gasteiger partial charge in [-0.3, -0.25) is 0 Å². The van der Waals surface area contributed by atoms with Crippen LogP contribution < -0.4 is 9.47 Å². The van der Waals surface area contributed by atoms with Gasteiger partial charge < -0.3 is 18.8 Å². The Hall–Kier alpha value is -2.99. The highest BCUT2D eigenvalue weighted by Gasteiger charge is 2.20. The van der Waals surface area contributed by atoms with Gasteiger partial charge in [0, 0.05) is 16.4 Å². The number of benzene rings is 2. The number of aromatic nitrogens is 1. The predicted octanol–water partition coefficient (Wildman–Crippen LogP) is 5.26. The quantitative estimate of drug-likeness (QED) is 0.513. The fraction of sp³-hybridized carbons (Fsp3) is 0.227. The van der Waals surface area contributed by atoms with Crippen LogP contribution in [0.5, 0.6) is 11.5 Å². The molecule has 0 aliphatic rings. The molecule has 0 atom stereocenters. The maximum Gasteiger partial charge on any atom is 0.340 e. The number of aryl methyl sites for hydroxylation is 1. The van der Waals surface area contributed by atoms with E-state index < -0.39 is 11.8 Å². The highest BCUT2D eigenvalue weighted by atomic mass is 35.5. The first kappa shape index (κ1) is 20.7. The largest absolute Gasteiger partial charge is 0.495 e. The van der Waals surface area contributed by atoms with E-state index in [9.17, 15) is 9.18 Å². The molecule has 2 aromatic carbocycles. The second-order valence-electron chi connectivity index (χ2n) is 6.48. The van der Waals surface area contributed by atoms with Gasteiger partial charge in [0.1, 0.15) is 12.4 Å². The van der Waals surface area contributed by atoms with E-state index in [-0.39, 0.29) is 12.4 Å². The molecule has 1 aromatic heterocycles. The monoisotopic (exact) mass is 417 g/mol. The maximum atomic E-state index is 13.8. The molecule has 0 unspecified atom stereocenters. The van der Waals surface area contributed by atoms with Crippen molar-refractivity contribution in [3.05, 3.63) is 75.8 Å². The lowest BCUT2D eigenvalue weighted by Gasteiger charge is -2.14. The molecule has 0 aliphatic heterocycles. The molecule has 0 fully saturated rings. The van der Waals surface area contributed by atoms with Crippen molar-refractivity contribution in [1.29, 1.82) is 0 Å². The number of methoxy groups -OCH3 is 2. The molecule has 3 aromatic rings. The summed E-state index contributed by atoms with van der Waals surface area (Å²) in [7, 11) is 2.97. The number of hydrogen-bond acceptors (Lipinski definition) is 4. The molecule has 152 valence electrons. The molecular formula is C22H21ClFNO4. The number of ether oxygens (including phenoxy) is 3. The summed E-state index contributed by atoms with van der Waals surface area (Å²) in [5.74, 6) is -0.238. The fourth-order valence-electron chi connectivity index (χ4n) is 3.20. The van der Waals surface area contributed by atoms with Crippen LogP contribution in [0, 0.1) is 19.7 Å². The van der Waals surface area contributed by atoms with Gasteiger partial charge in [-0.15, -0.1) is 0 Å². The van der Waals surface area contributed by atoms with Crippen LogP contribution in [0.2, 0.25) is 5.02 Å². The van der Waals surface area contributed by atoms with Crippen molar-refractivity contribution in [2.45, 2.75) is 20.5 Å². The maximum absolute atomic E-state index is 13.8. The van der Waals surface area contributed by atoms with E-state index in [4.69, 9.17) is 25.8 Å². The van der Waals surface area contributed by atoms with Crippen LogP contribution in [0.3, 0.4) is 0 Å². The summed E-state index contributed by atoms with van der Waals surface area (Å²) in [5.41, 5.74) is 3.19. The second kappa shape index (κ2) is 8.57. The molecule has 7 heteroatoms. The van der Waals surface area contributed by atoms with Crippen LogP contribution in [-0.2, 0) is 11.3 Å². The lowest BCUT2D eigenvalue weighted by atomic mass is 10.2. The third kappa shape index (κ3) is 4.22. The normalized spacial score (nSPS) is 10.7. The molecule has 0 aliphatic carbocycles. The topological polar surface area (TPSA) is 49.7 Å². The van der Waals surface area contributed by atoms with Crippen molar-refractivity contribution in [1.82, 2.24) is 4.57 Å². The summed E-state index contributed by atoms with van der Waals surface area (Å²) < 4.78 is 31.4. The Morgan fingerprint density at radius 2 is 1.72 bits per heavy atom. The third-order valence-corrected chi connectivity index (χ3v) is 4.85. The van der Waals surface area contributed by atoms with Crippen LogP contribution in [0.15, 0.2) is 42.5 Å². The van der Waals surface area contributed by atoms with Crippen molar-refractivity contribution >= 4 is 17.6 Å². The highest BCUT2D eigenvalue weighted by Crippen LogP contribution is 2.31.